The molecule has 136 valence electrons. The van der Waals surface area contributed by atoms with Crippen LogP contribution < -0.4 is 10.6 Å². The second-order valence-electron chi connectivity index (χ2n) is 7.81. The van der Waals surface area contributed by atoms with Gasteiger partial charge in [0.1, 0.15) is 0 Å². The topological polar surface area (TPSA) is 61.4 Å². The predicted octanol–water partition coefficient (Wildman–Crippen LogP) is 1.83. The van der Waals surface area contributed by atoms with Crippen molar-refractivity contribution < 1.29 is 9.59 Å². The minimum absolute atomic E-state index is 0.0933. The fourth-order valence-corrected chi connectivity index (χ4v) is 5.15. The molecule has 3 rings (SSSR count). The Morgan fingerprint density at radius 1 is 1.29 bits per heavy atom. The number of nitrogens with zero attached hydrogens (tertiary/aromatic N) is 1. The van der Waals surface area contributed by atoms with Gasteiger partial charge in [0.15, 0.2) is 0 Å². The van der Waals surface area contributed by atoms with Crippen molar-refractivity contribution in [3.05, 3.63) is 0 Å². The summed E-state index contributed by atoms with van der Waals surface area (Å²) in [6.45, 7) is 6.57. The molecule has 0 radical (unpaired) electrons. The Hall–Kier alpha value is -0.750. The number of rotatable bonds is 6. The molecule has 24 heavy (non-hydrogen) atoms. The van der Waals surface area contributed by atoms with Crippen LogP contribution in [0.5, 0.6) is 0 Å². The van der Waals surface area contributed by atoms with Gasteiger partial charge < -0.3 is 15.5 Å². The van der Waals surface area contributed by atoms with Gasteiger partial charge in [-0.2, -0.15) is 0 Å². The molecule has 6 heteroatoms. The third kappa shape index (κ3) is 4.66. The van der Waals surface area contributed by atoms with Gasteiger partial charge in [0.05, 0.1) is 5.37 Å². The molecule has 0 aromatic rings. The number of hydrogen-bond acceptors (Lipinski definition) is 4. The van der Waals surface area contributed by atoms with Crippen LogP contribution in [0.2, 0.25) is 0 Å². The van der Waals surface area contributed by atoms with Crippen molar-refractivity contribution in [2.24, 2.45) is 17.8 Å². The lowest BCUT2D eigenvalue weighted by molar-refractivity contribution is -0.136. The van der Waals surface area contributed by atoms with Gasteiger partial charge in [0, 0.05) is 49.2 Å². The Morgan fingerprint density at radius 3 is 2.79 bits per heavy atom. The molecular formula is C18H31N3O2S. The summed E-state index contributed by atoms with van der Waals surface area (Å²) in [5, 5.41) is 7.26. The summed E-state index contributed by atoms with van der Waals surface area (Å²) in [5.74, 6) is 2.59. The number of likely N-dealkylation sites (tertiary alicyclic amines) is 1. The van der Waals surface area contributed by atoms with Crippen LogP contribution in [0.1, 0.15) is 46.0 Å². The van der Waals surface area contributed by atoms with E-state index in [1.165, 1.54) is 6.42 Å². The van der Waals surface area contributed by atoms with Crippen LogP contribution in [0, 0.1) is 17.8 Å². The Kier molecular flexibility index (Phi) is 6.08. The fourth-order valence-electron chi connectivity index (χ4n) is 3.67. The predicted molar refractivity (Wildman–Crippen MR) is 97.7 cm³/mol. The van der Waals surface area contributed by atoms with Crippen LogP contribution >= 0.6 is 11.8 Å². The highest BCUT2D eigenvalue weighted by Gasteiger charge is 2.35. The number of nitrogens with one attached hydrogen (secondary N) is 2. The van der Waals surface area contributed by atoms with E-state index in [1.807, 2.05) is 25.6 Å². The van der Waals surface area contributed by atoms with Crippen LogP contribution in [0.4, 0.5) is 0 Å². The van der Waals surface area contributed by atoms with Gasteiger partial charge >= 0.3 is 0 Å². The fraction of sp³-hybridized carbons (Fsp3) is 0.889. The first-order valence-corrected chi connectivity index (χ1v) is 10.5. The molecule has 0 aromatic carbocycles. The molecule has 3 unspecified atom stereocenters. The summed E-state index contributed by atoms with van der Waals surface area (Å²) in [6, 6.07) is 0.482. The van der Waals surface area contributed by atoms with Crippen LogP contribution in [0.3, 0.4) is 0 Å². The van der Waals surface area contributed by atoms with E-state index in [1.54, 1.807) is 0 Å². The lowest BCUT2D eigenvalue weighted by Crippen LogP contribution is -2.47. The van der Waals surface area contributed by atoms with E-state index in [4.69, 9.17) is 0 Å². The SMILES string of the molecule is CC(C)C(=O)N1CCCC(C2NC(CCNC(=O)C3CC3)CS2)C1. The molecule has 2 N–H and O–H groups in total. The summed E-state index contributed by atoms with van der Waals surface area (Å²) in [6.07, 6.45) is 5.46. The van der Waals surface area contributed by atoms with Crippen LogP contribution in [-0.2, 0) is 9.59 Å². The van der Waals surface area contributed by atoms with E-state index in [-0.39, 0.29) is 11.8 Å². The quantitative estimate of drug-likeness (QED) is 0.765. The number of amides is 2. The first-order valence-electron chi connectivity index (χ1n) is 9.48. The minimum atomic E-state index is 0.0933. The number of carbonyl (C=O) groups excluding carboxylic acids is 2. The highest BCUT2D eigenvalue weighted by molar-refractivity contribution is 8.00. The Morgan fingerprint density at radius 2 is 2.08 bits per heavy atom. The molecule has 5 nitrogen and oxygen atoms in total. The summed E-state index contributed by atoms with van der Waals surface area (Å²) in [5.41, 5.74) is 0. The Bertz CT molecular complexity index is 467. The number of thioether (sulfide) groups is 1. The van der Waals surface area contributed by atoms with Gasteiger partial charge in [-0.3, -0.25) is 9.59 Å². The van der Waals surface area contributed by atoms with Crippen LogP contribution in [-0.4, -0.2) is 53.5 Å². The summed E-state index contributed by atoms with van der Waals surface area (Å²) in [4.78, 5) is 26.0. The highest BCUT2D eigenvalue weighted by Crippen LogP contribution is 2.32. The monoisotopic (exact) mass is 353 g/mol. The zero-order valence-corrected chi connectivity index (χ0v) is 15.7. The van der Waals surface area contributed by atoms with Crippen molar-refractivity contribution in [2.75, 3.05) is 25.4 Å². The van der Waals surface area contributed by atoms with Crippen molar-refractivity contribution in [3.63, 3.8) is 0 Å². The van der Waals surface area contributed by atoms with Gasteiger partial charge in [-0.05, 0) is 32.1 Å². The summed E-state index contributed by atoms with van der Waals surface area (Å²) in [7, 11) is 0. The number of carbonyl (C=O) groups is 2. The number of piperidine rings is 1. The van der Waals surface area contributed by atoms with E-state index in [0.717, 1.165) is 51.1 Å². The van der Waals surface area contributed by atoms with Crippen molar-refractivity contribution >= 4 is 23.6 Å². The second kappa shape index (κ2) is 8.09. The van der Waals surface area contributed by atoms with Gasteiger partial charge in [-0.15, -0.1) is 11.8 Å². The Labute approximate surface area is 149 Å². The largest absolute Gasteiger partial charge is 0.356 e. The maximum atomic E-state index is 12.2. The van der Waals surface area contributed by atoms with E-state index in [9.17, 15) is 9.59 Å². The summed E-state index contributed by atoms with van der Waals surface area (Å²) < 4.78 is 0. The average Bonchev–Trinajstić information content (AvgIpc) is 3.33. The molecule has 2 saturated heterocycles. The third-order valence-electron chi connectivity index (χ3n) is 5.31. The first-order chi connectivity index (χ1) is 11.5. The molecule has 1 aliphatic carbocycles. The maximum Gasteiger partial charge on any atom is 0.225 e. The maximum absolute atomic E-state index is 12.2. The van der Waals surface area contributed by atoms with Crippen LogP contribution in [0.25, 0.3) is 0 Å². The molecule has 3 fully saturated rings. The van der Waals surface area contributed by atoms with Crippen LogP contribution in [0.15, 0.2) is 0 Å². The molecule has 0 spiro atoms. The van der Waals surface area contributed by atoms with E-state index in [0.29, 0.717) is 29.2 Å². The van der Waals surface area contributed by atoms with Gasteiger partial charge in [0.2, 0.25) is 11.8 Å². The molecule has 2 amide bonds. The normalized spacial score (nSPS) is 30.6. The molecule has 2 heterocycles. The smallest absolute Gasteiger partial charge is 0.225 e. The molecular weight excluding hydrogens is 322 g/mol. The highest BCUT2D eigenvalue weighted by atomic mass is 32.2. The van der Waals surface area contributed by atoms with E-state index in [2.05, 4.69) is 15.5 Å². The van der Waals surface area contributed by atoms with E-state index < -0.39 is 0 Å². The van der Waals surface area contributed by atoms with Crippen molar-refractivity contribution in [1.29, 1.82) is 0 Å². The van der Waals surface area contributed by atoms with Crippen molar-refractivity contribution in [2.45, 2.75) is 57.4 Å². The van der Waals surface area contributed by atoms with Crippen molar-refractivity contribution in [1.82, 2.24) is 15.5 Å². The second-order valence-corrected chi connectivity index (χ2v) is 8.99. The first kappa shape index (κ1) is 18.1. The van der Waals surface area contributed by atoms with Crippen molar-refractivity contribution in [3.8, 4) is 0 Å². The molecule has 0 bridgehead atoms. The third-order valence-corrected chi connectivity index (χ3v) is 6.78. The molecule has 3 aliphatic rings. The molecule has 3 atom stereocenters. The molecule has 1 saturated carbocycles. The van der Waals surface area contributed by atoms with Gasteiger partial charge in [0.25, 0.3) is 0 Å². The lowest BCUT2D eigenvalue weighted by Gasteiger charge is -2.36. The average molecular weight is 354 g/mol. The lowest BCUT2D eigenvalue weighted by atomic mass is 9.96. The zero-order chi connectivity index (χ0) is 17.1. The summed E-state index contributed by atoms with van der Waals surface area (Å²) >= 11 is 1.99. The zero-order valence-electron chi connectivity index (χ0n) is 14.9. The van der Waals surface area contributed by atoms with Gasteiger partial charge in [-0.1, -0.05) is 13.8 Å². The molecule has 2 aliphatic heterocycles. The number of hydrogen-bond donors (Lipinski definition) is 2. The molecule has 0 aromatic heterocycles. The van der Waals surface area contributed by atoms with Gasteiger partial charge in [-0.25, -0.2) is 0 Å². The Balaban J connectivity index is 1.39. The van der Waals surface area contributed by atoms with E-state index >= 15 is 0 Å². The minimum Gasteiger partial charge on any atom is -0.356 e. The standard InChI is InChI=1S/C18H31N3O2S/c1-12(2)18(23)21-9-3-4-14(10-21)17-20-15(11-24-17)7-8-19-16(22)13-5-6-13/h12-15,17,20H,3-11H2,1-2H3,(H,19,22).